The molecule has 1 aromatic carbocycles. The number of amides is 1. The van der Waals surface area contributed by atoms with Crippen molar-refractivity contribution in [1.29, 1.82) is 0 Å². The summed E-state index contributed by atoms with van der Waals surface area (Å²) in [5.74, 6) is -0.800. The van der Waals surface area contributed by atoms with Gasteiger partial charge in [-0.2, -0.15) is 5.10 Å². The van der Waals surface area contributed by atoms with E-state index in [1.807, 2.05) is 25.4 Å². The number of nitrogens with zero attached hydrogens (tertiary/aromatic N) is 5. The van der Waals surface area contributed by atoms with Gasteiger partial charge in [0.2, 0.25) is 0 Å². The van der Waals surface area contributed by atoms with Crippen LogP contribution in [-0.4, -0.2) is 50.2 Å². The molecule has 4 heterocycles. The average Bonchev–Trinajstić information content (AvgIpc) is 3.49. The van der Waals surface area contributed by atoms with E-state index in [0.717, 1.165) is 30.6 Å². The fourth-order valence-electron chi connectivity index (χ4n) is 5.81. The fourth-order valence-corrected chi connectivity index (χ4v) is 5.81. The largest absolute Gasteiger partial charge is 0.369 e. The Balaban J connectivity index is 1.14. The van der Waals surface area contributed by atoms with Crippen molar-refractivity contribution in [1.82, 2.24) is 24.5 Å². The van der Waals surface area contributed by atoms with Crippen LogP contribution in [0.25, 0.3) is 16.6 Å². The Labute approximate surface area is 202 Å². The summed E-state index contributed by atoms with van der Waals surface area (Å²) in [5.41, 5.74) is 4.20. The molecular weight excluding hydrogens is 445 g/mol. The molecule has 7 rings (SSSR count). The maximum atomic E-state index is 14.5. The lowest BCUT2D eigenvalue weighted by Crippen LogP contribution is -2.35. The Morgan fingerprint density at radius 3 is 2.89 bits per heavy atom. The van der Waals surface area contributed by atoms with Crippen LogP contribution in [0.15, 0.2) is 36.8 Å². The van der Waals surface area contributed by atoms with E-state index < -0.39 is 5.82 Å². The van der Waals surface area contributed by atoms with Gasteiger partial charge in [-0.25, -0.2) is 9.37 Å². The van der Waals surface area contributed by atoms with Gasteiger partial charge in [0.1, 0.15) is 5.52 Å². The number of halogens is 1. The minimum atomic E-state index is -0.481. The smallest absolute Gasteiger partial charge is 0.257 e. The lowest BCUT2D eigenvalue weighted by Gasteiger charge is -2.20. The quantitative estimate of drug-likeness (QED) is 0.463. The number of imidazole rings is 1. The molecule has 4 aromatic rings. The van der Waals surface area contributed by atoms with Crippen molar-refractivity contribution in [3.63, 3.8) is 0 Å². The van der Waals surface area contributed by atoms with Crippen molar-refractivity contribution in [2.45, 2.75) is 44.7 Å². The van der Waals surface area contributed by atoms with Crippen LogP contribution in [0.3, 0.4) is 0 Å². The third kappa shape index (κ3) is 3.48. The summed E-state index contributed by atoms with van der Waals surface area (Å²) in [7, 11) is 1.87. The summed E-state index contributed by atoms with van der Waals surface area (Å²) in [4.78, 5) is 19.8. The second kappa shape index (κ2) is 7.27. The Morgan fingerprint density at radius 1 is 1.23 bits per heavy atom. The van der Waals surface area contributed by atoms with Crippen LogP contribution in [0.5, 0.6) is 0 Å². The zero-order valence-electron chi connectivity index (χ0n) is 19.9. The lowest BCUT2D eigenvalue weighted by molar-refractivity contribution is 0.102. The predicted molar refractivity (Wildman–Crippen MR) is 132 cm³/mol. The number of benzene rings is 1. The van der Waals surface area contributed by atoms with E-state index in [1.165, 1.54) is 25.3 Å². The first kappa shape index (κ1) is 20.9. The zero-order chi connectivity index (χ0) is 23.9. The minimum Gasteiger partial charge on any atom is -0.369 e. The summed E-state index contributed by atoms with van der Waals surface area (Å²) in [6.07, 6.45) is 10.6. The van der Waals surface area contributed by atoms with Gasteiger partial charge in [-0.15, -0.1) is 0 Å². The van der Waals surface area contributed by atoms with Gasteiger partial charge in [-0.1, -0.05) is 0 Å². The summed E-state index contributed by atoms with van der Waals surface area (Å²) < 4.78 is 17.8. The van der Waals surface area contributed by atoms with Crippen molar-refractivity contribution in [2.75, 3.05) is 23.3 Å². The van der Waals surface area contributed by atoms with Crippen molar-refractivity contribution in [3.8, 4) is 0 Å². The first-order valence-electron chi connectivity index (χ1n) is 12.3. The van der Waals surface area contributed by atoms with E-state index in [4.69, 9.17) is 0 Å². The van der Waals surface area contributed by atoms with Crippen LogP contribution >= 0.6 is 0 Å². The predicted octanol–water partition coefficient (Wildman–Crippen LogP) is 3.64. The summed E-state index contributed by atoms with van der Waals surface area (Å²) >= 11 is 0. The molecule has 2 saturated carbocycles. The third-order valence-corrected chi connectivity index (χ3v) is 7.94. The van der Waals surface area contributed by atoms with Gasteiger partial charge in [0.25, 0.3) is 5.91 Å². The van der Waals surface area contributed by atoms with Crippen LogP contribution in [0.2, 0.25) is 0 Å². The van der Waals surface area contributed by atoms with Crippen LogP contribution in [0, 0.1) is 18.2 Å². The van der Waals surface area contributed by atoms with Crippen LogP contribution in [0.1, 0.15) is 41.7 Å². The molecule has 3 fully saturated rings. The van der Waals surface area contributed by atoms with E-state index in [9.17, 15) is 9.18 Å². The minimum absolute atomic E-state index is 0.240. The second-order valence-electron chi connectivity index (χ2n) is 10.6. The Bertz CT molecular complexity index is 1500. The van der Waals surface area contributed by atoms with Gasteiger partial charge >= 0.3 is 0 Å². The number of pyridine rings is 1. The van der Waals surface area contributed by atoms with Crippen molar-refractivity contribution < 1.29 is 9.18 Å². The molecule has 2 unspecified atom stereocenters. The first-order chi connectivity index (χ1) is 16.9. The fraction of sp³-hybridized carbons (Fsp3) is 0.423. The summed E-state index contributed by atoms with van der Waals surface area (Å²) in [6, 6.07) is 6.37. The number of hydrogen-bond acceptors (Lipinski definition) is 5. The number of nitrogens with one attached hydrogen (secondary N) is 2. The molecule has 0 radical (unpaired) electrons. The molecule has 3 aliphatic rings. The number of anilines is 2. The molecule has 2 atom stereocenters. The number of rotatable bonds is 5. The van der Waals surface area contributed by atoms with Gasteiger partial charge < -0.3 is 19.9 Å². The molecule has 2 N–H and O–H groups in total. The molecule has 1 aliphatic heterocycles. The van der Waals surface area contributed by atoms with E-state index >= 15 is 0 Å². The molecule has 2 aliphatic carbocycles. The maximum Gasteiger partial charge on any atom is 0.257 e. The van der Waals surface area contributed by atoms with Gasteiger partial charge in [0, 0.05) is 68.0 Å². The van der Waals surface area contributed by atoms with E-state index in [1.54, 1.807) is 28.4 Å². The highest BCUT2D eigenvalue weighted by Gasteiger charge is 2.63. The molecule has 3 aromatic heterocycles. The number of carbonyl (C=O) groups excluding carboxylic acids is 1. The summed E-state index contributed by atoms with van der Waals surface area (Å²) in [6.45, 7) is 3.75. The first-order valence-corrected chi connectivity index (χ1v) is 12.3. The molecule has 9 heteroatoms. The Kier molecular flexibility index (Phi) is 4.34. The van der Waals surface area contributed by atoms with E-state index in [-0.39, 0.29) is 11.6 Å². The lowest BCUT2D eigenvalue weighted by atomic mass is 10.1. The monoisotopic (exact) mass is 473 g/mol. The second-order valence-corrected chi connectivity index (χ2v) is 10.6. The van der Waals surface area contributed by atoms with E-state index in [0.29, 0.717) is 40.0 Å². The molecule has 35 heavy (non-hydrogen) atoms. The average molecular weight is 474 g/mol. The molecule has 8 nitrogen and oxygen atoms in total. The normalized spacial score (nSPS) is 22.4. The van der Waals surface area contributed by atoms with Crippen molar-refractivity contribution >= 4 is 33.8 Å². The zero-order valence-corrected chi connectivity index (χ0v) is 19.9. The van der Waals surface area contributed by atoms with E-state index in [2.05, 4.69) is 25.6 Å². The number of carbonyl (C=O) groups is 1. The Hall–Kier alpha value is -3.46. The Morgan fingerprint density at radius 2 is 2.09 bits per heavy atom. The van der Waals surface area contributed by atoms with Crippen LogP contribution in [-0.2, 0) is 7.05 Å². The van der Waals surface area contributed by atoms with Gasteiger partial charge in [-0.05, 0) is 50.2 Å². The molecular formula is C26H28FN7O. The molecule has 1 spiro atoms. The highest BCUT2D eigenvalue weighted by atomic mass is 19.1. The van der Waals surface area contributed by atoms with Crippen LogP contribution in [0.4, 0.5) is 15.8 Å². The van der Waals surface area contributed by atoms with Crippen LogP contribution < -0.4 is 15.5 Å². The molecule has 0 bridgehead atoms. The van der Waals surface area contributed by atoms with Gasteiger partial charge in [0.15, 0.2) is 11.5 Å². The van der Waals surface area contributed by atoms with Gasteiger partial charge in [0.05, 0.1) is 16.9 Å². The van der Waals surface area contributed by atoms with Crippen molar-refractivity contribution in [2.24, 2.45) is 12.5 Å². The highest BCUT2D eigenvalue weighted by Crippen LogP contribution is 2.66. The topological polar surface area (TPSA) is 79.5 Å². The molecule has 1 saturated heterocycles. The molecule has 180 valence electrons. The number of hydrogen-bond donors (Lipinski definition) is 2. The highest BCUT2D eigenvalue weighted by molar-refractivity contribution is 6.13. The summed E-state index contributed by atoms with van der Waals surface area (Å²) in [5, 5.41) is 12.3. The molecule has 1 amide bonds. The number of fused-ring (bicyclic) bond motifs is 2. The van der Waals surface area contributed by atoms with Gasteiger partial charge in [-0.3, -0.25) is 9.48 Å². The number of aromatic nitrogens is 4. The number of aryl methyl sites for hydroxylation is 2. The van der Waals surface area contributed by atoms with Crippen molar-refractivity contribution in [3.05, 3.63) is 53.9 Å². The third-order valence-electron chi connectivity index (χ3n) is 7.94. The maximum absolute atomic E-state index is 14.5. The SMILES string of the molecule is Cc1cn2cc(NC(=O)c3ccc(N4CCC(NC5CC56CC6)C4)c4cn(C)nc34)cc(F)c2n1. The standard InChI is InChI=1S/C26H28FN7O/c1-15-11-34-13-17(9-20(27)24(34)28-15)30-25(35)18-3-4-21(19-14-32(2)31-23(18)19)33-8-5-16(12-33)29-22-10-26(22)6-7-26/h3-4,9,11,13-14,16,22,29H,5-8,10,12H2,1-2H3,(H,30,35).